The van der Waals surface area contributed by atoms with Crippen molar-refractivity contribution in [1.82, 2.24) is 0 Å². The Morgan fingerprint density at radius 3 is 2.67 bits per heavy atom. The molecule has 0 radical (unpaired) electrons. The van der Waals surface area contributed by atoms with Crippen LogP contribution in [0.1, 0.15) is 32.6 Å². The van der Waals surface area contributed by atoms with E-state index in [0.29, 0.717) is 12.2 Å². The Balaban J connectivity index is 2.09. The molecule has 2 aromatic carbocycles. The van der Waals surface area contributed by atoms with E-state index in [4.69, 9.17) is 4.74 Å². The fourth-order valence-electron chi connectivity index (χ4n) is 1.98. The lowest BCUT2D eigenvalue weighted by Crippen LogP contribution is -2.07. The van der Waals surface area contributed by atoms with Crippen LogP contribution in [-0.2, 0) is 4.79 Å². The third-order valence-corrected chi connectivity index (χ3v) is 2.96. The highest BCUT2D eigenvalue weighted by Gasteiger charge is 2.07. The van der Waals surface area contributed by atoms with Crippen LogP contribution in [0.25, 0.3) is 10.8 Å². The quantitative estimate of drug-likeness (QED) is 0.443. The van der Waals surface area contributed by atoms with Crippen LogP contribution in [-0.4, -0.2) is 5.97 Å². The third kappa shape index (κ3) is 3.10. The first-order valence-electron chi connectivity index (χ1n) is 6.49. The molecule has 0 aliphatic carbocycles. The van der Waals surface area contributed by atoms with E-state index in [1.807, 2.05) is 42.5 Å². The second-order valence-electron chi connectivity index (χ2n) is 4.41. The molecule has 0 fully saturated rings. The van der Waals surface area contributed by atoms with Crippen LogP contribution in [0.15, 0.2) is 42.5 Å². The molecule has 0 unspecified atom stereocenters. The van der Waals surface area contributed by atoms with E-state index < -0.39 is 0 Å². The average molecular weight is 242 g/mol. The first-order valence-corrected chi connectivity index (χ1v) is 6.49. The van der Waals surface area contributed by atoms with Crippen molar-refractivity contribution in [3.05, 3.63) is 42.5 Å². The monoisotopic (exact) mass is 242 g/mol. The van der Waals surface area contributed by atoms with E-state index in [1.54, 1.807) is 0 Å². The van der Waals surface area contributed by atoms with Crippen molar-refractivity contribution in [2.75, 3.05) is 0 Å². The van der Waals surface area contributed by atoms with Gasteiger partial charge in [0.15, 0.2) is 0 Å². The Morgan fingerprint density at radius 2 is 1.83 bits per heavy atom. The molecule has 2 aromatic rings. The third-order valence-electron chi connectivity index (χ3n) is 2.96. The van der Waals surface area contributed by atoms with Gasteiger partial charge in [-0.05, 0) is 17.9 Å². The normalized spacial score (nSPS) is 10.5. The molecule has 94 valence electrons. The molecule has 18 heavy (non-hydrogen) atoms. The number of hydrogen-bond donors (Lipinski definition) is 0. The van der Waals surface area contributed by atoms with Crippen molar-refractivity contribution in [3.8, 4) is 5.75 Å². The van der Waals surface area contributed by atoms with E-state index in [0.717, 1.165) is 30.0 Å². The molecular formula is C16H18O2. The molecule has 0 spiro atoms. The molecule has 0 atom stereocenters. The molecular weight excluding hydrogens is 224 g/mol. The number of esters is 1. The molecule has 0 N–H and O–H groups in total. The van der Waals surface area contributed by atoms with Crippen molar-refractivity contribution in [1.29, 1.82) is 0 Å². The van der Waals surface area contributed by atoms with E-state index in [1.165, 1.54) is 0 Å². The van der Waals surface area contributed by atoms with Gasteiger partial charge >= 0.3 is 5.97 Å². The highest BCUT2D eigenvalue weighted by molar-refractivity contribution is 5.90. The summed E-state index contributed by atoms with van der Waals surface area (Å²) in [6.45, 7) is 2.12. The minimum Gasteiger partial charge on any atom is -0.426 e. The standard InChI is InChI=1S/C16H18O2/c1-2-3-4-12-16(17)18-15-11-7-9-13-8-5-6-10-14(13)15/h5-11H,2-4,12H2,1H3. The summed E-state index contributed by atoms with van der Waals surface area (Å²) in [7, 11) is 0. The molecule has 0 aliphatic heterocycles. The molecule has 0 amide bonds. The molecule has 0 bridgehead atoms. The first kappa shape index (κ1) is 12.6. The van der Waals surface area contributed by atoms with Gasteiger partial charge in [0.2, 0.25) is 0 Å². The van der Waals surface area contributed by atoms with Gasteiger partial charge in [0, 0.05) is 11.8 Å². The summed E-state index contributed by atoms with van der Waals surface area (Å²) in [5.74, 6) is 0.523. The first-order chi connectivity index (χ1) is 8.81. The number of unbranched alkanes of at least 4 members (excludes halogenated alkanes) is 2. The summed E-state index contributed by atoms with van der Waals surface area (Å²) >= 11 is 0. The Hall–Kier alpha value is -1.83. The van der Waals surface area contributed by atoms with Gasteiger partial charge in [-0.15, -0.1) is 0 Å². The van der Waals surface area contributed by atoms with E-state index in [9.17, 15) is 4.79 Å². The van der Waals surface area contributed by atoms with Crippen LogP contribution in [0.4, 0.5) is 0 Å². The lowest BCUT2D eigenvalue weighted by Gasteiger charge is -2.07. The number of ether oxygens (including phenoxy) is 1. The minimum absolute atomic E-state index is 0.139. The summed E-state index contributed by atoms with van der Waals surface area (Å²) in [5.41, 5.74) is 0. The maximum absolute atomic E-state index is 11.7. The van der Waals surface area contributed by atoms with E-state index in [2.05, 4.69) is 6.92 Å². The zero-order valence-electron chi connectivity index (χ0n) is 10.7. The van der Waals surface area contributed by atoms with Gasteiger partial charge in [-0.1, -0.05) is 56.2 Å². The highest BCUT2D eigenvalue weighted by atomic mass is 16.5. The summed E-state index contributed by atoms with van der Waals surface area (Å²) in [5, 5.41) is 2.08. The summed E-state index contributed by atoms with van der Waals surface area (Å²) in [4.78, 5) is 11.7. The molecule has 0 aliphatic rings. The largest absolute Gasteiger partial charge is 0.426 e. The van der Waals surface area contributed by atoms with Crippen molar-refractivity contribution in [2.24, 2.45) is 0 Å². The van der Waals surface area contributed by atoms with Gasteiger partial charge in [-0.2, -0.15) is 0 Å². The number of carbonyl (C=O) groups is 1. The second kappa shape index (κ2) is 6.20. The van der Waals surface area contributed by atoms with Crippen LogP contribution in [0.2, 0.25) is 0 Å². The number of rotatable bonds is 5. The maximum Gasteiger partial charge on any atom is 0.311 e. The molecule has 2 nitrogen and oxygen atoms in total. The van der Waals surface area contributed by atoms with Gasteiger partial charge in [0.05, 0.1) is 0 Å². The van der Waals surface area contributed by atoms with Gasteiger partial charge < -0.3 is 4.74 Å². The van der Waals surface area contributed by atoms with E-state index in [-0.39, 0.29) is 5.97 Å². The van der Waals surface area contributed by atoms with Crippen molar-refractivity contribution < 1.29 is 9.53 Å². The van der Waals surface area contributed by atoms with Crippen LogP contribution < -0.4 is 4.74 Å². The van der Waals surface area contributed by atoms with Crippen molar-refractivity contribution >= 4 is 16.7 Å². The minimum atomic E-state index is -0.139. The van der Waals surface area contributed by atoms with Gasteiger partial charge in [-0.3, -0.25) is 4.79 Å². The van der Waals surface area contributed by atoms with Gasteiger partial charge in [-0.25, -0.2) is 0 Å². The molecule has 2 heteroatoms. The summed E-state index contributed by atoms with van der Waals surface area (Å²) in [6.07, 6.45) is 3.59. The van der Waals surface area contributed by atoms with E-state index >= 15 is 0 Å². The van der Waals surface area contributed by atoms with Crippen molar-refractivity contribution in [3.63, 3.8) is 0 Å². The lowest BCUT2D eigenvalue weighted by molar-refractivity contribution is -0.134. The zero-order valence-corrected chi connectivity index (χ0v) is 10.7. The van der Waals surface area contributed by atoms with Crippen LogP contribution in [0, 0.1) is 0 Å². The molecule has 0 saturated carbocycles. The summed E-state index contributed by atoms with van der Waals surface area (Å²) in [6, 6.07) is 13.7. The predicted molar refractivity (Wildman–Crippen MR) is 73.7 cm³/mol. The van der Waals surface area contributed by atoms with Crippen LogP contribution in [0.3, 0.4) is 0 Å². The Bertz CT molecular complexity index is 526. The van der Waals surface area contributed by atoms with Gasteiger partial charge in [0.25, 0.3) is 0 Å². The second-order valence-corrected chi connectivity index (χ2v) is 4.41. The Labute approximate surface area is 108 Å². The SMILES string of the molecule is CCCCCC(=O)Oc1cccc2ccccc12. The zero-order chi connectivity index (χ0) is 12.8. The maximum atomic E-state index is 11.7. The van der Waals surface area contributed by atoms with Crippen LogP contribution >= 0.6 is 0 Å². The lowest BCUT2D eigenvalue weighted by atomic mass is 10.1. The number of benzene rings is 2. The smallest absolute Gasteiger partial charge is 0.311 e. The summed E-state index contributed by atoms with van der Waals surface area (Å²) < 4.78 is 5.44. The fraction of sp³-hybridized carbons (Fsp3) is 0.312. The topological polar surface area (TPSA) is 26.3 Å². The number of carbonyl (C=O) groups excluding carboxylic acids is 1. The molecule has 2 rings (SSSR count). The Morgan fingerprint density at radius 1 is 1.06 bits per heavy atom. The predicted octanol–water partition coefficient (Wildman–Crippen LogP) is 4.33. The Kier molecular flexibility index (Phi) is 4.35. The number of fused-ring (bicyclic) bond motifs is 1. The van der Waals surface area contributed by atoms with Crippen molar-refractivity contribution in [2.45, 2.75) is 32.6 Å². The molecule has 0 aromatic heterocycles. The fourth-order valence-corrected chi connectivity index (χ4v) is 1.98. The van der Waals surface area contributed by atoms with Crippen LogP contribution in [0.5, 0.6) is 5.75 Å². The molecule has 0 saturated heterocycles. The van der Waals surface area contributed by atoms with Gasteiger partial charge in [0.1, 0.15) is 5.75 Å². The highest BCUT2D eigenvalue weighted by Crippen LogP contribution is 2.25. The average Bonchev–Trinajstić information content (AvgIpc) is 2.39. The number of hydrogen-bond acceptors (Lipinski definition) is 2. The molecule has 0 heterocycles.